The zero-order valence-corrected chi connectivity index (χ0v) is 18.9. The van der Waals surface area contributed by atoms with Crippen LogP contribution in [0.2, 0.25) is 0 Å². The average molecular weight is 465 g/mol. The number of hydrogen-bond donors (Lipinski definition) is 0. The number of furan rings is 1. The van der Waals surface area contributed by atoms with Crippen LogP contribution in [0.5, 0.6) is 5.75 Å². The Morgan fingerprint density at radius 2 is 2.00 bits per heavy atom. The van der Waals surface area contributed by atoms with Crippen molar-refractivity contribution >= 4 is 55.9 Å². The molecule has 3 aromatic rings. The van der Waals surface area contributed by atoms with Crippen LogP contribution in [0.25, 0.3) is 17.0 Å². The summed E-state index contributed by atoms with van der Waals surface area (Å²) < 4.78 is 25.3. The third-order valence-corrected chi connectivity index (χ3v) is 7.34. The summed E-state index contributed by atoms with van der Waals surface area (Å²) >= 11 is 4.02. The first-order chi connectivity index (χ1) is 12.9. The van der Waals surface area contributed by atoms with Gasteiger partial charge in [0.05, 0.1) is 10.7 Å². The summed E-state index contributed by atoms with van der Waals surface area (Å²) in [4.78, 5) is 0. The van der Waals surface area contributed by atoms with Gasteiger partial charge in [0.15, 0.2) is 4.24 Å². The lowest BCUT2D eigenvalue weighted by molar-refractivity contribution is 0.305. The Kier molecular flexibility index (Phi) is 6.63. The molecule has 3 nitrogen and oxygen atoms in total. The van der Waals surface area contributed by atoms with Gasteiger partial charge in [-0.25, -0.2) is 0 Å². The van der Waals surface area contributed by atoms with Gasteiger partial charge in [-0.15, -0.1) is 0 Å². The van der Waals surface area contributed by atoms with Gasteiger partial charge in [-0.2, -0.15) is 0 Å². The summed E-state index contributed by atoms with van der Waals surface area (Å²) in [5.41, 5.74) is 5.17. The zero-order valence-electron chi connectivity index (χ0n) is 15.7. The molecule has 0 bridgehead atoms. The van der Waals surface area contributed by atoms with Crippen LogP contribution in [0.3, 0.4) is 0 Å². The van der Waals surface area contributed by atoms with E-state index in [1.807, 2.05) is 30.5 Å². The molecule has 142 valence electrons. The number of thioether (sulfide) groups is 1. The second-order valence-corrected chi connectivity index (χ2v) is 9.61. The molecule has 0 fully saturated rings. The van der Waals surface area contributed by atoms with Crippen molar-refractivity contribution in [1.82, 2.24) is 0 Å². The predicted octanol–water partition coefficient (Wildman–Crippen LogP) is 6.43. The normalized spacial score (nSPS) is 13.2. The maximum Gasteiger partial charge on any atom is 0.186 e. The van der Waals surface area contributed by atoms with Crippen molar-refractivity contribution in [3.63, 3.8) is 0 Å². The van der Waals surface area contributed by atoms with Gasteiger partial charge in [-0.1, -0.05) is 11.8 Å². The zero-order chi connectivity index (χ0) is 19.6. The Hall–Kier alpha value is -1.34. The fraction of sp³-hybridized carbons (Fsp3) is 0.238. The van der Waals surface area contributed by atoms with Crippen molar-refractivity contribution in [3.05, 3.63) is 67.6 Å². The minimum absolute atomic E-state index is 0.437. The van der Waals surface area contributed by atoms with Crippen LogP contribution in [0.1, 0.15) is 22.3 Å². The standard InChI is InChI=1S/C21H21BrO3S2/c1-13-7-17(11-20(26-3)27(4)23)19(8-14(13)2)25-12-15-9-16-5-6-24-21(16)18(22)10-15/h5-11H,12H2,1-4H3. The van der Waals surface area contributed by atoms with Crippen molar-refractivity contribution in [1.29, 1.82) is 0 Å². The smallest absolute Gasteiger partial charge is 0.186 e. The fourth-order valence-electron chi connectivity index (χ4n) is 2.78. The topological polar surface area (TPSA) is 45.4 Å². The third kappa shape index (κ3) is 4.74. The van der Waals surface area contributed by atoms with Crippen LogP contribution >= 0.6 is 27.7 Å². The van der Waals surface area contributed by atoms with Crippen molar-refractivity contribution in [3.8, 4) is 5.75 Å². The Bertz CT molecular complexity index is 993. The monoisotopic (exact) mass is 464 g/mol. The van der Waals surface area contributed by atoms with Gasteiger partial charge in [0.1, 0.15) is 24.2 Å². The van der Waals surface area contributed by atoms with Gasteiger partial charge in [0, 0.05) is 17.0 Å². The van der Waals surface area contributed by atoms with Gasteiger partial charge in [-0.05, 0) is 94.2 Å². The highest BCUT2D eigenvalue weighted by atomic mass is 79.9. The van der Waals surface area contributed by atoms with Crippen LogP contribution in [0.4, 0.5) is 0 Å². The van der Waals surface area contributed by atoms with E-state index >= 15 is 0 Å². The molecule has 0 N–H and O–H groups in total. The van der Waals surface area contributed by atoms with Crippen LogP contribution in [-0.2, 0) is 17.8 Å². The minimum Gasteiger partial charge on any atom is -0.611 e. The van der Waals surface area contributed by atoms with E-state index in [-0.39, 0.29) is 0 Å². The number of fused-ring (bicyclic) bond motifs is 1. The summed E-state index contributed by atoms with van der Waals surface area (Å²) in [6, 6.07) is 10.1. The molecule has 0 aliphatic carbocycles. The van der Waals surface area contributed by atoms with E-state index in [0.29, 0.717) is 6.61 Å². The molecule has 0 aliphatic rings. The molecule has 0 saturated carbocycles. The number of hydrogen-bond acceptors (Lipinski definition) is 4. The number of benzene rings is 2. The van der Waals surface area contributed by atoms with Gasteiger partial charge < -0.3 is 13.7 Å². The summed E-state index contributed by atoms with van der Waals surface area (Å²) in [6.45, 7) is 4.58. The van der Waals surface area contributed by atoms with E-state index in [9.17, 15) is 4.55 Å². The second kappa shape index (κ2) is 8.78. The van der Waals surface area contributed by atoms with Crippen molar-refractivity contribution in [2.45, 2.75) is 20.5 Å². The maximum atomic E-state index is 11.9. The molecule has 1 atom stereocenters. The van der Waals surface area contributed by atoms with Crippen molar-refractivity contribution in [2.24, 2.45) is 0 Å². The molecule has 2 aromatic carbocycles. The Morgan fingerprint density at radius 1 is 1.26 bits per heavy atom. The van der Waals surface area contributed by atoms with Crippen LogP contribution in [0, 0.1) is 13.8 Å². The van der Waals surface area contributed by atoms with Gasteiger partial charge in [0.2, 0.25) is 0 Å². The van der Waals surface area contributed by atoms with Crippen molar-refractivity contribution in [2.75, 3.05) is 12.5 Å². The highest BCUT2D eigenvalue weighted by molar-refractivity contribution is 9.10. The molecule has 6 heteroatoms. The first kappa shape index (κ1) is 20.4. The molecular formula is C21H21BrO3S2. The van der Waals surface area contributed by atoms with E-state index in [1.54, 1.807) is 12.5 Å². The molecule has 1 heterocycles. The van der Waals surface area contributed by atoms with E-state index in [2.05, 4.69) is 41.9 Å². The van der Waals surface area contributed by atoms with Gasteiger partial charge >= 0.3 is 0 Å². The molecule has 1 aromatic heterocycles. The third-order valence-electron chi connectivity index (χ3n) is 4.34. The summed E-state index contributed by atoms with van der Waals surface area (Å²) in [6.07, 6.45) is 7.27. The second-order valence-electron chi connectivity index (χ2n) is 6.30. The van der Waals surface area contributed by atoms with Crippen LogP contribution in [0.15, 0.2) is 49.7 Å². The molecule has 27 heavy (non-hydrogen) atoms. The molecule has 0 radical (unpaired) electrons. The van der Waals surface area contributed by atoms with E-state index < -0.39 is 11.2 Å². The number of halogens is 1. The quantitative estimate of drug-likeness (QED) is 0.394. The lowest BCUT2D eigenvalue weighted by Crippen LogP contribution is -2.01. The first-order valence-corrected chi connectivity index (χ1v) is 12.0. The lowest BCUT2D eigenvalue weighted by Gasteiger charge is -2.14. The van der Waals surface area contributed by atoms with Gasteiger partial charge in [0.25, 0.3) is 0 Å². The molecular weight excluding hydrogens is 444 g/mol. The van der Waals surface area contributed by atoms with E-state index in [0.717, 1.165) is 42.1 Å². The minimum atomic E-state index is -1.03. The van der Waals surface area contributed by atoms with E-state index in [4.69, 9.17) is 9.15 Å². The Labute approximate surface area is 175 Å². The average Bonchev–Trinajstić information content (AvgIpc) is 3.10. The lowest BCUT2D eigenvalue weighted by atomic mass is 10.0. The van der Waals surface area contributed by atoms with Crippen LogP contribution in [-0.4, -0.2) is 17.1 Å². The Balaban J connectivity index is 1.92. The first-order valence-electron chi connectivity index (χ1n) is 8.38. The molecule has 0 aliphatic heterocycles. The molecule has 0 saturated heterocycles. The Morgan fingerprint density at radius 3 is 2.70 bits per heavy atom. The van der Waals surface area contributed by atoms with Crippen LogP contribution < -0.4 is 4.74 Å². The number of aryl methyl sites for hydroxylation is 2. The number of rotatable bonds is 6. The summed E-state index contributed by atoms with van der Waals surface area (Å²) in [7, 11) is 0. The molecule has 3 rings (SSSR count). The van der Waals surface area contributed by atoms with Crippen molar-refractivity contribution < 1.29 is 13.7 Å². The van der Waals surface area contributed by atoms with Gasteiger partial charge in [-0.3, -0.25) is 0 Å². The highest BCUT2D eigenvalue weighted by Gasteiger charge is 2.13. The molecule has 0 amide bonds. The SMILES string of the molecule is CSC(=Cc1cc(C)c(C)cc1OCc1cc(Br)c2occc2c1)[S+](C)[O-]. The fourth-order valence-corrected chi connectivity index (χ4v) is 4.87. The molecule has 0 spiro atoms. The summed E-state index contributed by atoms with van der Waals surface area (Å²) in [5, 5.41) is 1.04. The maximum absolute atomic E-state index is 11.9. The van der Waals surface area contributed by atoms with E-state index in [1.165, 1.54) is 17.3 Å². The predicted molar refractivity (Wildman–Crippen MR) is 120 cm³/mol. The number of ether oxygens (including phenoxy) is 1. The highest BCUT2D eigenvalue weighted by Crippen LogP contribution is 2.31. The molecule has 1 unspecified atom stereocenters. The largest absolute Gasteiger partial charge is 0.611 e. The summed E-state index contributed by atoms with van der Waals surface area (Å²) in [5.74, 6) is 0.790.